The Morgan fingerprint density at radius 1 is 1.00 bits per heavy atom. The van der Waals surface area contributed by atoms with Gasteiger partial charge >= 0.3 is 0 Å². The van der Waals surface area contributed by atoms with Gasteiger partial charge in [-0.3, -0.25) is 9.59 Å². The first-order valence-electron chi connectivity index (χ1n) is 8.64. The minimum atomic E-state index is -0.371. The maximum atomic E-state index is 12.9. The molecule has 0 unspecified atom stereocenters. The number of hydrazone groups is 1. The molecule has 0 bridgehead atoms. The summed E-state index contributed by atoms with van der Waals surface area (Å²) in [4.78, 5) is 24.1. The molecule has 5 nitrogen and oxygen atoms in total. The summed E-state index contributed by atoms with van der Waals surface area (Å²) >= 11 is 0. The first kappa shape index (κ1) is 20.3. The molecule has 2 amide bonds. The van der Waals surface area contributed by atoms with E-state index in [9.17, 15) is 14.0 Å². The topological polar surface area (TPSA) is 70.6 Å². The Morgan fingerprint density at radius 2 is 1.59 bits per heavy atom. The van der Waals surface area contributed by atoms with Gasteiger partial charge in [-0.1, -0.05) is 32.9 Å². The van der Waals surface area contributed by atoms with Crippen LogP contribution in [0.2, 0.25) is 0 Å². The molecule has 0 aliphatic heterocycles. The van der Waals surface area contributed by atoms with Crippen LogP contribution in [0.3, 0.4) is 0 Å². The number of rotatable bonds is 5. The number of anilines is 1. The predicted octanol–water partition coefficient (Wildman–Crippen LogP) is 4.26. The molecule has 0 radical (unpaired) electrons. The lowest BCUT2D eigenvalue weighted by molar-refractivity contribution is -0.115. The van der Waals surface area contributed by atoms with E-state index >= 15 is 0 Å². The van der Waals surface area contributed by atoms with Crippen molar-refractivity contribution in [3.8, 4) is 0 Å². The highest BCUT2D eigenvalue weighted by atomic mass is 19.1. The normalized spacial score (nSPS) is 11.8. The first-order valence-corrected chi connectivity index (χ1v) is 8.64. The van der Waals surface area contributed by atoms with Gasteiger partial charge in [-0.2, -0.15) is 5.10 Å². The second-order valence-corrected chi connectivity index (χ2v) is 7.35. The maximum Gasteiger partial charge on any atom is 0.271 e. The van der Waals surface area contributed by atoms with Crippen LogP contribution < -0.4 is 10.7 Å². The number of nitrogens with zero attached hydrogens (tertiary/aromatic N) is 1. The fourth-order valence-electron chi connectivity index (χ4n) is 2.34. The van der Waals surface area contributed by atoms with Crippen molar-refractivity contribution >= 4 is 23.2 Å². The maximum absolute atomic E-state index is 12.9. The molecule has 2 aromatic rings. The highest BCUT2D eigenvalue weighted by Gasteiger charge is 2.14. The number of hydrogen-bond acceptors (Lipinski definition) is 3. The molecule has 0 heterocycles. The van der Waals surface area contributed by atoms with Crippen LogP contribution in [0.1, 0.15) is 50.0 Å². The molecule has 6 heteroatoms. The van der Waals surface area contributed by atoms with Gasteiger partial charge in [-0.15, -0.1) is 0 Å². The van der Waals surface area contributed by atoms with E-state index in [1.165, 1.54) is 24.3 Å². The fourth-order valence-corrected chi connectivity index (χ4v) is 2.34. The van der Waals surface area contributed by atoms with Gasteiger partial charge in [-0.25, -0.2) is 9.82 Å². The largest absolute Gasteiger partial charge is 0.326 e. The van der Waals surface area contributed by atoms with E-state index in [4.69, 9.17) is 0 Å². The van der Waals surface area contributed by atoms with Crippen LogP contribution in [0.15, 0.2) is 53.6 Å². The third-order valence-electron chi connectivity index (χ3n) is 3.91. The lowest BCUT2D eigenvalue weighted by atomic mass is 9.87. The molecule has 0 aliphatic rings. The van der Waals surface area contributed by atoms with E-state index in [0.29, 0.717) is 17.0 Å². The third kappa shape index (κ3) is 6.33. The van der Waals surface area contributed by atoms with Crippen LogP contribution in [0.25, 0.3) is 0 Å². The number of amides is 2. The molecule has 2 N–H and O–H groups in total. The second-order valence-electron chi connectivity index (χ2n) is 7.35. The van der Waals surface area contributed by atoms with E-state index in [0.717, 1.165) is 5.56 Å². The van der Waals surface area contributed by atoms with Crippen molar-refractivity contribution in [2.75, 3.05) is 5.32 Å². The minimum absolute atomic E-state index is 0.0145. The molecule has 2 rings (SSSR count). The summed E-state index contributed by atoms with van der Waals surface area (Å²) in [5.41, 5.74) is 5.05. The summed E-state index contributed by atoms with van der Waals surface area (Å²) in [5.74, 6) is -1.01. The lowest BCUT2D eigenvalue weighted by Crippen LogP contribution is -2.21. The molecule has 142 valence electrons. The van der Waals surface area contributed by atoms with Crippen molar-refractivity contribution in [2.24, 2.45) is 5.10 Å². The summed E-state index contributed by atoms with van der Waals surface area (Å²) < 4.78 is 12.9. The Kier molecular flexibility index (Phi) is 6.45. The number of carbonyl (C=O) groups is 2. The molecular formula is C21H24FN3O2. The van der Waals surface area contributed by atoms with E-state index in [1.54, 1.807) is 19.1 Å². The zero-order chi connectivity index (χ0) is 20.0. The van der Waals surface area contributed by atoms with Gasteiger partial charge in [-0.05, 0) is 54.3 Å². The van der Waals surface area contributed by atoms with Gasteiger partial charge in [0.1, 0.15) is 5.82 Å². The monoisotopic (exact) mass is 369 g/mol. The molecule has 0 fully saturated rings. The first-order chi connectivity index (χ1) is 12.6. The smallest absolute Gasteiger partial charge is 0.271 e. The molecular weight excluding hydrogens is 345 g/mol. The second kappa shape index (κ2) is 8.58. The Balaban J connectivity index is 1.89. The van der Waals surface area contributed by atoms with E-state index in [2.05, 4.69) is 36.6 Å². The quantitative estimate of drug-likeness (QED) is 0.611. The molecule has 27 heavy (non-hydrogen) atoms. The molecule has 0 saturated heterocycles. The number of benzene rings is 2. The van der Waals surface area contributed by atoms with Gasteiger partial charge in [0.05, 0.1) is 6.42 Å². The molecule has 0 saturated carbocycles. The van der Waals surface area contributed by atoms with Gasteiger partial charge < -0.3 is 5.32 Å². The van der Waals surface area contributed by atoms with Crippen LogP contribution in [0.5, 0.6) is 0 Å². The van der Waals surface area contributed by atoms with Crippen LogP contribution in [0, 0.1) is 5.82 Å². The average molecular weight is 369 g/mol. The van der Waals surface area contributed by atoms with Crippen LogP contribution >= 0.6 is 0 Å². The van der Waals surface area contributed by atoms with Crippen molar-refractivity contribution in [1.82, 2.24) is 5.43 Å². The van der Waals surface area contributed by atoms with E-state index in [1.807, 2.05) is 12.1 Å². The summed E-state index contributed by atoms with van der Waals surface area (Å²) in [5, 5.41) is 6.60. The van der Waals surface area contributed by atoms with Crippen molar-refractivity contribution in [3.63, 3.8) is 0 Å². The third-order valence-corrected chi connectivity index (χ3v) is 3.91. The predicted molar refractivity (Wildman–Crippen MR) is 105 cm³/mol. The van der Waals surface area contributed by atoms with Crippen molar-refractivity contribution in [2.45, 2.75) is 39.5 Å². The summed E-state index contributed by atoms with van der Waals surface area (Å²) in [6.45, 7) is 7.96. The minimum Gasteiger partial charge on any atom is -0.326 e. The zero-order valence-electron chi connectivity index (χ0n) is 16.0. The summed E-state index contributed by atoms with van der Waals surface area (Å²) in [6, 6.07) is 12.8. The molecule has 0 aromatic heterocycles. The van der Waals surface area contributed by atoms with Crippen LogP contribution in [-0.2, 0) is 10.2 Å². The van der Waals surface area contributed by atoms with Gasteiger partial charge in [0.25, 0.3) is 5.91 Å². The Labute approximate surface area is 158 Å². The molecule has 2 aromatic carbocycles. The number of carbonyl (C=O) groups excluding carboxylic acids is 2. The van der Waals surface area contributed by atoms with Gasteiger partial charge in [0.15, 0.2) is 0 Å². The van der Waals surface area contributed by atoms with Crippen molar-refractivity contribution in [1.29, 1.82) is 0 Å². The summed E-state index contributed by atoms with van der Waals surface area (Å²) in [6.07, 6.45) is 0.0145. The lowest BCUT2D eigenvalue weighted by Gasteiger charge is -2.18. The van der Waals surface area contributed by atoms with Gasteiger partial charge in [0, 0.05) is 17.0 Å². The Morgan fingerprint density at radius 3 is 2.15 bits per heavy atom. The zero-order valence-corrected chi connectivity index (χ0v) is 16.0. The van der Waals surface area contributed by atoms with Crippen LogP contribution in [0.4, 0.5) is 10.1 Å². The summed E-state index contributed by atoms with van der Waals surface area (Å²) in [7, 11) is 0. The van der Waals surface area contributed by atoms with Crippen molar-refractivity contribution in [3.05, 3.63) is 65.5 Å². The molecule has 0 spiro atoms. The van der Waals surface area contributed by atoms with E-state index in [-0.39, 0.29) is 29.5 Å². The molecule has 0 atom stereocenters. The van der Waals surface area contributed by atoms with Crippen LogP contribution in [-0.4, -0.2) is 17.5 Å². The molecule has 0 aliphatic carbocycles. The highest BCUT2D eigenvalue weighted by molar-refractivity contribution is 6.06. The van der Waals surface area contributed by atoms with Gasteiger partial charge in [0.2, 0.25) is 5.91 Å². The number of nitrogens with one attached hydrogen (secondary N) is 2. The number of halogens is 1. The van der Waals surface area contributed by atoms with Crippen molar-refractivity contribution < 1.29 is 14.0 Å². The van der Waals surface area contributed by atoms with E-state index < -0.39 is 0 Å². The highest BCUT2D eigenvalue weighted by Crippen LogP contribution is 2.22. The fraction of sp³-hybridized carbons (Fsp3) is 0.286. The average Bonchev–Trinajstić information content (AvgIpc) is 2.61. The Hall–Kier alpha value is -3.02. The standard InChI is InChI=1S/C21H24FN3O2/c1-14(13-19(26)23-18-11-9-17(22)10-12-18)24-25-20(27)15-5-7-16(8-6-15)21(2,3)4/h5-12H,13H2,1-4H3,(H,23,26)(H,25,27). The number of hydrogen-bond donors (Lipinski definition) is 2. The SMILES string of the molecule is CC(CC(=O)Nc1ccc(F)cc1)=NNC(=O)c1ccc(C(C)(C)C)cc1. The Bertz CT molecular complexity index is 835.